The number of ether oxygens (including phenoxy) is 1. The van der Waals surface area contributed by atoms with E-state index in [1.165, 1.54) is 0 Å². The van der Waals surface area contributed by atoms with Crippen molar-refractivity contribution in [2.24, 2.45) is 5.92 Å². The van der Waals surface area contributed by atoms with Crippen LogP contribution in [0.5, 0.6) is 5.75 Å². The first-order valence-corrected chi connectivity index (χ1v) is 7.45. The Morgan fingerprint density at radius 2 is 2.09 bits per heavy atom. The number of benzene rings is 1. The Labute approximate surface area is 132 Å². The fourth-order valence-electron chi connectivity index (χ4n) is 2.68. The van der Waals surface area contributed by atoms with Gasteiger partial charge in [-0.1, -0.05) is 17.7 Å². The van der Waals surface area contributed by atoms with Gasteiger partial charge in [0.1, 0.15) is 6.10 Å². The first-order valence-electron chi connectivity index (χ1n) is 7.07. The Balaban J connectivity index is 1.94. The summed E-state index contributed by atoms with van der Waals surface area (Å²) in [5, 5.41) is 3.24. The van der Waals surface area contributed by atoms with E-state index < -0.39 is 23.5 Å². The predicted molar refractivity (Wildman–Crippen MR) is 80.0 cm³/mol. The maximum absolute atomic E-state index is 14.0. The van der Waals surface area contributed by atoms with Crippen LogP contribution in [0.15, 0.2) is 36.7 Å². The molecule has 1 aromatic carbocycles. The van der Waals surface area contributed by atoms with E-state index in [1.807, 2.05) is 6.07 Å². The molecule has 0 amide bonds. The molecule has 1 N–H and O–H groups in total. The molecule has 1 aliphatic heterocycles. The molecule has 0 radical (unpaired) electrons. The van der Waals surface area contributed by atoms with Crippen LogP contribution < -0.4 is 10.1 Å². The highest BCUT2D eigenvalue weighted by Crippen LogP contribution is 2.35. The largest absolute Gasteiger partial charge is 0.479 e. The summed E-state index contributed by atoms with van der Waals surface area (Å²) in [5.74, 6) is -1.88. The van der Waals surface area contributed by atoms with Crippen molar-refractivity contribution in [3.05, 3.63) is 58.9 Å². The van der Waals surface area contributed by atoms with Crippen LogP contribution in [-0.2, 0) is 0 Å². The zero-order valence-corrected chi connectivity index (χ0v) is 12.5. The van der Waals surface area contributed by atoms with Gasteiger partial charge in [-0.2, -0.15) is 0 Å². The summed E-state index contributed by atoms with van der Waals surface area (Å²) < 4.78 is 33.7. The maximum Gasteiger partial charge on any atom is 0.191 e. The average Bonchev–Trinajstić information content (AvgIpc) is 3.01. The molecule has 1 fully saturated rings. The van der Waals surface area contributed by atoms with Gasteiger partial charge in [-0.05, 0) is 31.2 Å². The number of hydrogen-bond acceptors (Lipinski definition) is 3. The Kier molecular flexibility index (Phi) is 4.55. The number of aromatic nitrogens is 1. The lowest BCUT2D eigenvalue weighted by atomic mass is 9.96. The van der Waals surface area contributed by atoms with Gasteiger partial charge in [-0.25, -0.2) is 8.78 Å². The molecular weight excluding hydrogens is 310 g/mol. The molecular formula is C16H15ClF2N2O. The zero-order valence-electron chi connectivity index (χ0n) is 11.7. The maximum atomic E-state index is 14.0. The molecule has 2 aromatic rings. The Hall–Kier alpha value is -1.72. The van der Waals surface area contributed by atoms with Gasteiger partial charge >= 0.3 is 0 Å². The highest BCUT2D eigenvalue weighted by Gasteiger charge is 2.30. The van der Waals surface area contributed by atoms with Crippen LogP contribution in [0.3, 0.4) is 0 Å². The van der Waals surface area contributed by atoms with Crippen molar-refractivity contribution in [2.45, 2.75) is 12.5 Å². The number of halogens is 3. The van der Waals surface area contributed by atoms with Crippen molar-refractivity contribution in [3.63, 3.8) is 0 Å². The molecule has 22 heavy (non-hydrogen) atoms. The third-order valence-corrected chi connectivity index (χ3v) is 3.97. The van der Waals surface area contributed by atoms with E-state index in [0.29, 0.717) is 0 Å². The van der Waals surface area contributed by atoms with E-state index in [0.717, 1.165) is 37.2 Å². The summed E-state index contributed by atoms with van der Waals surface area (Å²) in [5.41, 5.74) is 0.796. The lowest BCUT2D eigenvalue weighted by Gasteiger charge is -2.25. The standard InChI is InChI=1S/C16H15ClF2N2O/c17-12-6-13(18)16(14(19)7-12)22-15(11-3-5-21-9-11)10-2-1-4-20-8-10/h1-2,4,6-8,11,15,21H,3,5,9H2/t11?,15-/m1/s1. The molecule has 1 unspecified atom stereocenters. The fourth-order valence-corrected chi connectivity index (χ4v) is 2.88. The van der Waals surface area contributed by atoms with Crippen LogP contribution in [0.25, 0.3) is 0 Å². The topological polar surface area (TPSA) is 34.1 Å². The number of nitrogens with zero attached hydrogens (tertiary/aromatic N) is 1. The molecule has 1 aliphatic rings. The van der Waals surface area contributed by atoms with Crippen LogP contribution >= 0.6 is 11.6 Å². The van der Waals surface area contributed by atoms with Gasteiger partial charge < -0.3 is 10.1 Å². The molecule has 1 aromatic heterocycles. The van der Waals surface area contributed by atoms with Gasteiger partial charge in [0.2, 0.25) is 0 Å². The van der Waals surface area contributed by atoms with E-state index in [4.69, 9.17) is 16.3 Å². The molecule has 116 valence electrons. The minimum atomic E-state index is -0.801. The first kappa shape index (κ1) is 15.2. The number of pyridine rings is 1. The van der Waals surface area contributed by atoms with Crippen molar-refractivity contribution in [3.8, 4) is 5.75 Å². The highest BCUT2D eigenvalue weighted by molar-refractivity contribution is 6.30. The molecule has 0 saturated carbocycles. The highest BCUT2D eigenvalue weighted by atomic mass is 35.5. The first-order chi connectivity index (χ1) is 10.6. The Bertz CT molecular complexity index is 625. The SMILES string of the molecule is Fc1cc(Cl)cc(F)c1O[C@H](c1cccnc1)C1CCNC1. The van der Waals surface area contributed by atoms with Gasteiger partial charge in [0.25, 0.3) is 0 Å². The molecule has 1 saturated heterocycles. The van der Waals surface area contributed by atoms with Crippen LogP contribution in [-0.4, -0.2) is 18.1 Å². The second kappa shape index (κ2) is 6.58. The number of hydrogen-bond donors (Lipinski definition) is 1. The van der Waals surface area contributed by atoms with Gasteiger partial charge in [-0.15, -0.1) is 0 Å². The van der Waals surface area contributed by atoms with Crippen LogP contribution in [0, 0.1) is 17.6 Å². The summed E-state index contributed by atoms with van der Waals surface area (Å²) in [7, 11) is 0. The van der Waals surface area contributed by atoms with E-state index in [2.05, 4.69) is 10.3 Å². The van der Waals surface area contributed by atoms with E-state index in [-0.39, 0.29) is 10.9 Å². The summed E-state index contributed by atoms with van der Waals surface area (Å²) in [6, 6.07) is 5.73. The second-order valence-corrected chi connectivity index (χ2v) is 5.71. The van der Waals surface area contributed by atoms with Crippen LogP contribution in [0.2, 0.25) is 5.02 Å². The third-order valence-electron chi connectivity index (χ3n) is 3.75. The van der Waals surface area contributed by atoms with Gasteiger partial charge in [-0.3, -0.25) is 4.98 Å². The molecule has 3 nitrogen and oxygen atoms in total. The molecule has 2 heterocycles. The van der Waals surface area contributed by atoms with Gasteiger partial charge in [0.15, 0.2) is 17.4 Å². The van der Waals surface area contributed by atoms with Crippen molar-refractivity contribution in [2.75, 3.05) is 13.1 Å². The molecule has 6 heteroatoms. The summed E-state index contributed by atoms with van der Waals surface area (Å²) in [6.07, 6.45) is 3.72. The minimum absolute atomic E-state index is 0.00260. The Morgan fingerprint density at radius 3 is 2.68 bits per heavy atom. The summed E-state index contributed by atoms with van der Waals surface area (Å²) in [4.78, 5) is 4.07. The minimum Gasteiger partial charge on any atom is -0.479 e. The number of rotatable bonds is 4. The quantitative estimate of drug-likeness (QED) is 0.930. The predicted octanol–water partition coefficient (Wildman–Crippen LogP) is 3.74. The molecule has 3 rings (SSSR count). The van der Waals surface area contributed by atoms with Crippen molar-refractivity contribution >= 4 is 11.6 Å². The lowest BCUT2D eigenvalue weighted by molar-refractivity contribution is 0.131. The second-order valence-electron chi connectivity index (χ2n) is 5.28. The normalized spacial score (nSPS) is 19.1. The van der Waals surface area contributed by atoms with Crippen LogP contribution in [0.4, 0.5) is 8.78 Å². The van der Waals surface area contributed by atoms with Crippen molar-refractivity contribution < 1.29 is 13.5 Å². The zero-order chi connectivity index (χ0) is 15.5. The third kappa shape index (κ3) is 3.20. The van der Waals surface area contributed by atoms with Crippen LogP contribution in [0.1, 0.15) is 18.1 Å². The van der Waals surface area contributed by atoms with Gasteiger partial charge in [0.05, 0.1) is 0 Å². The summed E-state index contributed by atoms with van der Waals surface area (Å²) in [6.45, 7) is 1.59. The van der Waals surface area contributed by atoms with E-state index in [9.17, 15) is 8.78 Å². The van der Waals surface area contributed by atoms with Gasteiger partial charge in [0, 0.05) is 35.4 Å². The number of nitrogens with one attached hydrogen (secondary N) is 1. The monoisotopic (exact) mass is 324 g/mol. The smallest absolute Gasteiger partial charge is 0.191 e. The molecule has 0 spiro atoms. The summed E-state index contributed by atoms with van der Waals surface area (Å²) >= 11 is 5.65. The lowest BCUT2D eigenvalue weighted by Crippen LogP contribution is -2.22. The molecule has 0 aliphatic carbocycles. The molecule has 0 bridgehead atoms. The van der Waals surface area contributed by atoms with Crippen molar-refractivity contribution in [1.82, 2.24) is 10.3 Å². The Morgan fingerprint density at radius 1 is 1.32 bits per heavy atom. The average molecular weight is 325 g/mol. The van der Waals surface area contributed by atoms with E-state index in [1.54, 1.807) is 18.5 Å². The van der Waals surface area contributed by atoms with Crippen molar-refractivity contribution in [1.29, 1.82) is 0 Å². The molecule has 2 atom stereocenters. The van der Waals surface area contributed by atoms with E-state index >= 15 is 0 Å². The fraction of sp³-hybridized carbons (Fsp3) is 0.312.